The minimum atomic E-state index is -0.405. The van der Waals surface area contributed by atoms with Gasteiger partial charge in [-0.1, -0.05) is 38.1 Å². The van der Waals surface area contributed by atoms with Crippen molar-refractivity contribution >= 4 is 12.0 Å². The molecular formula is C23H29NO4. The summed E-state index contributed by atoms with van der Waals surface area (Å²) >= 11 is 0. The van der Waals surface area contributed by atoms with E-state index in [4.69, 9.17) is 14.2 Å². The number of hydrogen-bond donors (Lipinski definition) is 0. The molecule has 0 unspecified atom stereocenters. The molecule has 0 radical (unpaired) electrons. The minimum absolute atomic E-state index is 0.240. The van der Waals surface area contributed by atoms with Gasteiger partial charge in [-0.15, -0.1) is 0 Å². The van der Waals surface area contributed by atoms with Crippen LogP contribution in [0.25, 0.3) is 6.08 Å². The van der Waals surface area contributed by atoms with E-state index in [1.165, 1.54) is 11.6 Å². The second-order valence-electron chi connectivity index (χ2n) is 6.33. The van der Waals surface area contributed by atoms with Crippen LogP contribution in [0.1, 0.15) is 30.5 Å². The predicted octanol–water partition coefficient (Wildman–Crippen LogP) is 4.30. The van der Waals surface area contributed by atoms with Crippen molar-refractivity contribution in [1.82, 2.24) is 4.90 Å². The summed E-state index contributed by atoms with van der Waals surface area (Å²) in [6.07, 6.45) is 3.06. The average molecular weight is 383 g/mol. The number of carbonyl (C=O) groups excluding carboxylic acids is 1. The first-order chi connectivity index (χ1) is 13.6. The molecule has 2 rings (SSSR count). The zero-order valence-corrected chi connectivity index (χ0v) is 17.1. The van der Waals surface area contributed by atoms with Crippen molar-refractivity contribution in [2.45, 2.75) is 27.0 Å². The Kier molecular flexibility index (Phi) is 8.56. The molecular weight excluding hydrogens is 354 g/mol. The fraction of sp³-hybridized carbons (Fsp3) is 0.348. The van der Waals surface area contributed by atoms with Crippen molar-refractivity contribution in [3.63, 3.8) is 0 Å². The molecule has 2 aromatic carbocycles. The van der Waals surface area contributed by atoms with Crippen LogP contribution in [-0.2, 0) is 22.7 Å². The number of nitrogens with zero attached hydrogens (tertiary/aromatic N) is 1. The molecule has 0 atom stereocenters. The van der Waals surface area contributed by atoms with Crippen LogP contribution >= 0.6 is 0 Å². The predicted molar refractivity (Wildman–Crippen MR) is 111 cm³/mol. The largest absolute Gasteiger partial charge is 0.497 e. The third-order valence-electron chi connectivity index (χ3n) is 4.54. The van der Waals surface area contributed by atoms with E-state index >= 15 is 0 Å². The smallest absolute Gasteiger partial charge is 0.331 e. The molecule has 28 heavy (non-hydrogen) atoms. The first-order valence-electron chi connectivity index (χ1n) is 9.46. The van der Waals surface area contributed by atoms with Crippen LogP contribution in [0.4, 0.5) is 0 Å². The SMILES string of the molecule is CCN(CC)Cc1ccc(COC(=O)/C=C/c2cc(OC)ccc2OC)cc1. The van der Waals surface area contributed by atoms with Gasteiger partial charge in [0.05, 0.1) is 14.2 Å². The highest BCUT2D eigenvalue weighted by atomic mass is 16.5. The van der Waals surface area contributed by atoms with Gasteiger partial charge in [0.1, 0.15) is 18.1 Å². The molecule has 0 spiro atoms. The second-order valence-corrected chi connectivity index (χ2v) is 6.33. The van der Waals surface area contributed by atoms with Crippen molar-refractivity contribution in [3.8, 4) is 11.5 Å². The lowest BCUT2D eigenvalue weighted by Crippen LogP contribution is -2.22. The molecule has 0 fully saturated rings. The Bertz CT molecular complexity index is 780. The Morgan fingerprint density at radius 2 is 1.64 bits per heavy atom. The van der Waals surface area contributed by atoms with Gasteiger partial charge in [0.25, 0.3) is 0 Å². The first kappa shape index (κ1) is 21.5. The van der Waals surface area contributed by atoms with Crippen molar-refractivity contribution in [2.24, 2.45) is 0 Å². The van der Waals surface area contributed by atoms with E-state index in [0.717, 1.165) is 30.8 Å². The highest BCUT2D eigenvalue weighted by molar-refractivity contribution is 5.87. The van der Waals surface area contributed by atoms with Gasteiger partial charge < -0.3 is 14.2 Å². The number of hydrogen-bond acceptors (Lipinski definition) is 5. The van der Waals surface area contributed by atoms with Crippen molar-refractivity contribution in [1.29, 1.82) is 0 Å². The van der Waals surface area contributed by atoms with Crippen molar-refractivity contribution in [2.75, 3.05) is 27.3 Å². The van der Waals surface area contributed by atoms with Gasteiger partial charge in [-0.25, -0.2) is 4.79 Å². The summed E-state index contributed by atoms with van der Waals surface area (Å²) in [6.45, 7) is 7.54. The van der Waals surface area contributed by atoms with Gasteiger partial charge in [0.2, 0.25) is 0 Å². The van der Waals surface area contributed by atoms with Crippen LogP contribution in [0.2, 0.25) is 0 Å². The Hall–Kier alpha value is -2.79. The molecule has 0 saturated carbocycles. The van der Waals surface area contributed by atoms with Crippen LogP contribution in [0, 0.1) is 0 Å². The molecule has 0 aliphatic heterocycles. The lowest BCUT2D eigenvalue weighted by Gasteiger charge is -2.18. The molecule has 0 amide bonds. The molecule has 0 aliphatic rings. The summed E-state index contributed by atoms with van der Waals surface area (Å²) in [5.74, 6) is 0.948. The fourth-order valence-corrected chi connectivity index (χ4v) is 2.78. The van der Waals surface area contributed by atoms with E-state index in [1.807, 2.05) is 12.1 Å². The number of benzene rings is 2. The number of ether oxygens (including phenoxy) is 3. The van der Waals surface area contributed by atoms with Gasteiger partial charge in [-0.05, 0) is 48.5 Å². The average Bonchev–Trinajstić information content (AvgIpc) is 2.75. The summed E-state index contributed by atoms with van der Waals surface area (Å²) < 4.78 is 15.8. The Balaban J connectivity index is 1.91. The van der Waals surface area contributed by atoms with Crippen LogP contribution in [0.3, 0.4) is 0 Å². The van der Waals surface area contributed by atoms with Gasteiger partial charge in [-0.2, -0.15) is 0 Å². The summed E-state index contributed by atoms with van der Waals surface area (Å²) in [5, 5.41) is 0. The lowest BCUT2D eigenvalue weighted by atomic mass is 10.1. The van der Waals surface area contributed by atoms with Crippen LogP contribution < -0.4 is 9.47 Å². The van der Waals surface area contributed by atoms with Gasteiger partial charge >= 0.3 is 5.97 Å². The zero-order valence-electron chi connectivity index (χ0n) is 17.1. The molecule has 0 bridgehead atoms. The number of esters is 1. The van der Waals surface area contributed by atoms with E-state index < -0.39 is 5.97 Å². The van der Waals surface area contributed by atoms with Crippen LogP contribution in [0.15, 0.2) is 48.5 Å². The highest BCUT2D eigenvalue weighted by Gasteiger charge is 2.05. The standard InChI is InChI=1S/C23H29NO4/c1-5-24(6-2)16-18-7-9-19(10-8-18)17-28-23(25)14-11-20-15-21(26-3)12-13-22(20)27-4/h7-15H,5-6,16-17H2,1-4H3/b14-11+. The van der Waals surface area contributed by atoms with Crippen molar-refractivity contribution < 1.29 is 19.0 Å². The summed E-state index contributed by atoms with van der Waals surface area (Å²) in [4.78, 5) is 14.4. The summed E-state index contributed by atoms with van der Waals surface area (Å²) in [6, 6.07) is 13.6. The molecule has 0 saturated heterocycles. The van der Waals surface area contributed by atoms with Crippen molar-refractivity contribution in [3.05, 3.63) is 65.2 Å². The van der Waals surface area contributed by atoms with Gasteiger partial charge in [0, 0.05) is 18.2 Å². The normalized spacial score (nSPS) is 11.0. The number of rotatable bonds is 10. The lowest BCUT2D eigenvalue weighted by molar-refractivity contribution is -0.138. The fourth-order valence-electron chi connectivity index (χ4n) is 2.78. The van der Waals surface area contributed by atoms with E-state index in [9.17, 15) is 4.79 Å². The molecule has 2 aromatic rings. The van der Waals surface area contributed by atoms with Gasteiger partial charge in [-0.3, -0.25) is 4.90 Å². The van der Waals surface area contributed by atoms with E-state index in [2.05, 4.69) is 30.9 Å². The molecule has 150 valence electrons. The van der Waals surface area contributed by atoms with Gasteiger partial charge in [0.15, 0.2) is 0 Å². The van der Waals surface area contributed by atoms with E-state index in [0.29, 0.717) is 11.5 Å². The second kappa shape index (κ2) is 11.1. The molecule has 5 nitrogen and oxygen atoms in total. The number of methoxy groups -OCH3 is 2. The zero-order chi connectivity index (χ0) is 20.4. The topological polar surface area (TPSA) is 48.0 Å². The molecule has 0 aromatic heterocycles. The number of carbonyl (C=O) groups is 1. The maximum absolute atomic E-state index is 12.0. The molecule has 0 heterocycles. The molecule has 0 aliphatic carbocycles. The van der Waals surface area contributed by atoms with E-state index in [-0.39, 0.29) is 6.61 Å². The minimum Gasteiger partial charge on any atom is -0.497 e. The Labute approximate surface area is 167 Å². The Morgan fingerprint density at radius 3 is 2.25 bits per heavy atom. The Morgan fingerprint density at radius 1 is 0.964 bits per heavy atom. The molecule has 5 heteroatoms. The maximum Gasteiger partial charge on any atom is 0.331 e. The maximum atomic E-state index is 12.0. The van der Waals surface area contributed by atoms with Crippen LogP contribution in [-0.4, -0.2) is 38.2 Å². The third kappa shape index (κ3) is 6.43. The first-order valence-corrected chi connectivity index (χ1v) is 9.46. The summed E-state index contributed by atoms with van der Waals surface area (Å²) in [5.41, 5.74) is 2.97. The van der Waals surface area contributed by atoms with E-state index in [1.54, 1.807) is 38.5 Å². The highest BCUT2D eigenvalue weighted by Crippen LogP contribution is 2.25. The monoisotopic (exact) mass is 383 g/mol. The molecule has 0 N–H and O–H groups in total. The summed E-state index contributed by atoms with van der Waals surface area (Å²) in [7, 11) is 3.18. The van der Waals surface area contributed by atoms with Crippen LogP contribution in [0.5, 0.6) is 11.5 Å². The third-order valence-corrected chi connectivity index (χ3v) is 4.54. The quantitative estimate of drug-likeness (QED) is 0.452.